The molecule has 0 aliphatic heterocycles. The van der Waals surface area contributed by atoms with Crippen LogP contribution in [0, 0.1) is 11.3 Å². The van der Waals surface area contributed by atoms with Gasteiger partial charge in [-0.1, -0.05) is 74.5 Å². The lowest BCUT2D eigenvalue weighted by molar-refractivity contribution is -0.132. The Hall–Kier alpha value is -3.42. The average Bonchev–Trinajstić information content (AvgIpc) is 2.96. The van der Waals surface area contributed by atoms with Gasteiger partial charge in [-0.2, -0.15) is 0 Å². The number of hydrogen-bond donors (Lipinski definition) is 3. The van der Waals surface area contributed by atoms with Crippen LogP contribution < -0.4 is 15.8 Å². The second-order valence-electron chi connectivity index (χ2n) is 10.3. The Labute approximate surface area is 232 Å². The molecule has 3 atom stereocenters. The molecule has 7 nitrogen and oxygen atoms in total. The van der Waals surface area contributed by atoms with Crippen molar-refractivity contribution in [1.29, 1.82) is 0 Å². The Morgan fingerprint density at radius 3 is 2.41 bits per heavy atom. The number of carbonyl (C=O) groups excluding carboxylic acids is 2. The molecule has 0 aromatic heterocycles. The van der Waals surface area contributed by atoms with Crippen LogP contribution in [0.4, 0.5) is 0 Å². The van der Waals surface area contributed by atoms with Gasteiger partial charge in [-0.15, -0.1) is 0 Å². The second-order valence-corrected chi connectivity index (χ2v) is 10.3. The lowest BCUT2D eigenvalue weighted by atomic mass is 9.64. The lowest BCUT2D eigenvalue weighted by Crippen LogP contribution is -2.51. The number of primary amides is 1. The number of benzene rings is 2. The molecule has 0 fully saturated rings. The maximum Gasteiger partial charge on any atom is 0.249 e. The van der Waals surface area contributed by atoms with Crippen LogP contribution in [0.3, 0.4) is 0 Å². The molecular formula is C32H43N3O4. The van der Waals surface area contributed by atoms with Gasteiger partial charge in [-0.3, -0.25) is 9.59 Å². The highest BCUT2D eigenvalue weighted by Gasteiger charge is 2.47. The first-order valence-corrected chi connectivity index (χ1v) is 13.9. The van der Waals surface area contributed by atoms with Gasteiger partial charge < -0.3 is 25.8 Å². The normalized spacial score (nSPS) is 18.2. The zero-order valence-corrected chi connectivity index (χ0v) is 23.4. The number of rotatable bonds is 15. The van der Waals surface area contributed by atoms with Gasteiger partial charge in [0.2, 0.25) is 11.8 Å². The summed E-state index contributed by atoms with van der Waals surface area (Å²) in [6.07, 6.45) is 6.73. The molecule has 0 spiro atoms. The van der Waals surface area contributed by atoms with E-state index in [-0.39, 0.29) is 18.9 Å². The SMILES string of the molecule is CCCN(CCC)C(=O)C1=CC=CC(C(N)=O)([C@H](Cc2ccccc2)[C@@H](O)CNCc2cccc(OC)c2)C1. The monoisotopic (exact) mass is 533 g/mol. The van der Waals surface area contributed by atoms with Gasteiger partial charge in [-0.05, 0) is 48.9 Å². The molecule has 1 unspecified atom stereocenters. The van der Waals surface area contributed by atoms with Crippen molar-refractivity contribution >= 4 is 11.8 Å². The van der Waals surface area contributed by atoms with E-state index in [1.165, 1.54) is 0 Å². The van der Waals surface area contributed by atoms with E-state index in [0.29, 0.717) is 31.6 Å². The number of nitrogens with zero attached hydrogens (tertiary/aromatic N) is 1. The molecular weight excluding hydrogens is 490 g/mol. The number of allylic oxidation sites excluding steroid dienone is 2. The summed E-state index contributed by atoms with van der Waals surface area (Å²) in [5, 5.41) is 14.9. The predicted octanol–water partition coefficient (Wildman–Crippen LogP) is 4.01. The highest BCUT2D eigenvalue weighted by molar-refractivity contribution is 5.96. The Morgan fingerprint density at radius 2 is 1.77 bits per heavy atom. The molecule has 0 saturated heterocycles. The molecule has 7 heteroatoms. The Morgan fingerprint density at radius 1 is 1.08 bits per heavy atom. The van der Waals surface area contributed by atoms with Crippen LogP contribution in [-0.2, 0) is 22.6 Å². The Bertz CT molecular complexity index is 1140. The number of carbonyl (C=O) groups is 2. The van der Waals surface area contributed by atoms with Crippen LogP contribution in [0.2, 0.25) is 0 Å². The van der Waals surface area contributed by atoms with Crippen molar-refractivity contribution in [2.45, 2.75) is 52.2 Å². The summed E-state index contributed by atoms with van der Waals surface area (Å²) < 4.78 is 5.31. The van der Waals surface area contributed by atoms with Gasteiger partial charge in [0.25, 0.3) is 0 Å². The van der Waals surface area contributed by atoms with Crippen molar-refractivity contribution in [2.24, 2.45) is 17.1 Å². The molecule has 0 bridgehead atoms. The molecule has 39 heavy (non-hydrogen) atoms. The van der Waals surface area contributed by atoms with Gasteiger partial charge in [0.05, 0.1) is 18.6 Å². The van der Waals surface area contributed by atoms with E-state index in [1.54, 1.807) is 25.3 Å². The Kier molecular flexibility index (Phi) is 11.3. The topological polar surface area (TPSA) is 105 Å². The fraction of sp³-hybridized carbons (Fsp3) is 0.438. The van der Waals surface area contributed by atoms with Gasteiger partial charge in [0.1, 0.15) is 5.75 Å². The fourth-order valence-electron chi connectivity index (χ4n) is 5.40. The first-order valence-electron chi connectivity index (χ1n) is 13.9. The minimum absolute atomic E-state index is 0.0715. The number of ether oxygens (including phenoxy) is 1. The zero-order valence-electron chi connectivity index (χ0n) is 23.4. The number of nitrogens with two attached hydrogens (primary N) is 1. The van der Waals surface area contributed by atoms with Crippen LogP contribution in [0.5, 0.6) is 5.75 Å². The van der Waals surface area contributed by atoms with E-state index in [4.69, 9.17) is 10.5 Å². The first-order chi connectivity index (χ1) is 18.8. The summed E-state index contributed by atoms with van der Waals surface area (Å²) >= 11 is 0. The molecule has 210 valence electrons. The molecule has 1 aliphatic rings. The smallest absolute Gasteiger partial charge is 0.249 e. The standard InChI is InChI=1S/C32H43N3O4/c1-4-17-35(18-5-2)30(37)26-14-10-16-32(21-26,31(33)38)28(20-24-11-7-6-8-12-24)29(36)23-34-22-25-13-9-15-27(19-25)39-3/h6-16,19,28-29,34,36H,4-5,17-18,20-23H2,1-3H3,(H2,33,38)/t28-,29+,32?/m1/s1. The number of nitrogens with one attached hydrogen (secondary N) is 1. The molecule has 0 saturated carbocycles. The van der Waals surface area contributed by atoms with E-state index in [0.717, 1.165) is 29.7 Å². The van der Waals surface area contributed by atoms with Crippen LogP contribution in [0.15, 0.2) is 78.4 Å². The summed E-state index contributed by atoms with van der Waals surface area (Å²) in [5.74, 6) is -0.394. The number of amides is 2. The highest BCUT2D eigenvalue weighted by atomic mass is 16.5. The molecule has 1 aliphatic carbocycles. The summed E-state index contributed by atoms with van der Waals surface area (Å²) in [5.41, 5.74) is 7.46. The number of methoxy groups -OCH3 is 1. The molecule has 2 aromatic carbocycles. The third kappa shape index (κ3) is 7.80. The molecule has 3 rings (SSSR count). The molecule has 0 radical (unpaired) electrons. The van der Waals surface area contributed by atoms with Crippen molar-refractivity contribution in [3.63, 3.8) is 0 Å². The van der Waals surface area contributed by atoms with E-state index in [9.17, 15) is 14.7 Å². The summed E-state index contributed by atoms with van der Waals surface area (Å²) in [6.45, 7) is 6.18. The minimum atomic E-state index is -1.21. The molecule has 0 heterocycles. The van der Waals surface area contributed by atoms with Crippen molar-refractivity contribution in [3.05, 3.63) is 89.5 Å². The maximum atomic E-state index is 13.5. The fourth-order valence-corrected chi connectivity index (χ4v) is 5.40. The largest absolute Gasteiger partial charge is 0.497 e. The van der Waals surface area contributed by atoms with Crippen molar-refractivity contribution < 1.29 is 19.4 Å². The van der Waals surface area contributed by atoms with Crippen LogP contribution in [0.1, 0.15) is 44.2 Å². The van der Waals surface area contributed by atoms with E-state index >= 15 is 0 Å². The third-order valence-electron chi connectivity index (χ3n) is 7.42. The van der Waals surface area contributed by atoms with Crippen molar-refractivity contribution in [2.75, 3.05) is 26.7 Å². The molecule has 4 N–H and O–H groups in total. The van der Waals surface area contributed by atoms with Gasteiger partial charge in [-0.25, -0.2) is 0 Å². The summed E-state index contributed by atoms with van der Waals surface area (Å²) in [4.78, 5) is 28.6. The van der Waals surface area contributed by atoms with Crippen LogP contribution in [0.25, 0.3) is 0 Å². The molecule has 2 amide bonds. The van der Waals surface area contributed by atoms with Gasteiger partial charge >= 0.3 is 0 Å². The van der Waals surface area contributed by atoms with E-state index in [2.05, 4.69) is 5.32 Å². The predicted molar refractivity (Wildman–Crippen MR) is 155 cm³/mol. The zero-order chi connectivity index (χ0) is 28.3. The van der Waals surface area contributed by atoms with E-state index < -0.39 is 23.3 Å². The van der Waals surface area contributed by atoms with Gasteiger partial charge in [0, 0.05) is 37.7 Å². The average molecular weight is 534 g/mol. The first kappa shape index (κ1) is 30.1. The quantitative estimate of drug-likeness (QED) is 0.321. The van der Waals surface area contributed by atoms with Crippen molar-refractivity contribution in [3.8, 4) is 5.75 Å². The van der Waals surface area contributed by atoms with Crippen LogP contribution >= 0.6 is 0 Å². The van der Waals surface area contributed by atoms with Crippen LogP contribution in [-0.4, -0.2) is 54.7 Å². The van der Waals surface area contributed by atoms with Gasteiger partial charge in [0.15, 0.2) is 0 Å². The lowest BCUT2D eigenvalue weighted by Gasteiger charge is -2.41. The molecule has 2 aromatic rings. The summed E-state index contributed by atoms with van der Waals surface area (Å²) in [7, 11) is 1.63. The van der Waals surface area contributed by atoms with Crippen molar-refractivity contribution in [1.82, 2.24) is 10.2 Å². The highest BCUT2D eigenvalue weighted by Crippen LogP contribution is 2.43. The second kappa shape index (κ2) is 14.7. The summed E-state index contributed by atoms with van der Waals surface area (Å²) in [6, 6.07) is 17.5. The maximum absolute atomic E-state index is 13.5. The Balaban J connectivity index is 1.87. The number of aliphatic hydroxyl groups is 1. The third-order valence-corrected chi connectivity index (χ3v) is 7.42. The number of aliphatic hydroxyl groups excluding tert-OH is 1. The van der Waals surface area contributed by atoms with E-state index in [1.807, 2.05) is 73.3 Å². The minimum Gasteiger partial charge on any atom is -0.497 e. The number of hydrogen-bond acceptors (Lipinski definition) is 5.